The monoisotopic (exact) mass is 348 g/mol. The molecule has 2 N–H and O–H groups in total. The summed E-state index contributed by atoms with van der Waals surface area (Å²) in [6.45, 7) is 1.24. The second-order valence-electron chi connectivity index (χ2n) is 5.26. The standard InChI is InChI=1S/C14H18Cl2N2O2S/c15-11-8-10(13(16)21-11)2-1-3-12(19)18-6-4-9(5-7-18)14(17)20/h8-9H,1-7H2,(H2,17,20). The number of amides is 2. The molecule has 1 aromatic rings. The Morgan fingerprint density at radius 2 is 2.00 bits per heavy atom. The molecule has 1 aliphatic heterocycles. The normalized spacial score (nSPS) is 16.2. The molecule has 2 amide bonds. The minimum absolute atomic E-state index is 0.0826. The molecule has 21 heavy (non-hydrogen) atoms. The van der Waals surface area contributed by atoms with Gasteiger partial charge in [0.25, 0.3) is 0 Å². The molecule has 4 nitrogen and oxygen atoms in total. The highest BCUT2D eigenvalue weighted by atomic mass is 35.5. The van der Waals surface area contributed by atoms with E-state index in [1.54, 1.807) is 0 Å². The van der Waals surface area contributed by atoms with E-state index in [0.29, 0.717) is 41.0 Å². The second kappa shape index (κ2) is 7.47. The van der Waals surface area contributed by atoms with Crippen LogP contribution in [-0.2, 0) is 16.0 Å². The Kier molecular flexibility index (Phi) is 5.90. The lowest BCUT2D eigenvalue weighted by Crippen LogP contribution is -2.41. The third-order valence-electron chi connectivity index (χ3n) is 3.81. The van der Waals surface area contributed by atoms with E-state index in [2.05, 4.69) is 0 Å². The van der Waals surface area contributed by atoms with Gasteiger partial charge in [-0.2, -0.15) is 0 Å². The predicted octanol–water partition coefficient (Wildman–Crippen LogP) is 3.10. The molecule has 0 bridgehead atoms. The fourth-order valence-corrected chi connectivity index (χ4v) is 4.09. The Balaban J connectivity index is 1.73. The third kappa shape index (κ3) is 4.59. The van der Waals surface area contributed by atoms with Crippen LogP contribution in [0.4, 0.5) is 0 Å². The summed E-state index contributed by atoms with van der Waals surface area (Å²) < 4.78 is 1.38. The molecule has 0 aromatic carbocycles. The number of carbonyl (C=O) groups excluding carboxylic acids is 2. The van der Waals surface area contributed by atoms with E-state index in [1.807, 2.05) is 11.0 Å². The summed E-state index contributed by atoms with van der Waals surface area (Å²) in [7, 11) is 0. The van der Waals surface area contributed by atoms with Crippen LogP contribution in [0, 0.1) is 5.92 Å². The molecule has 1 aliphatic rings. The SMILES string of the molecule is NC(=O)C1CCN(C(=O)CCCc2cc(Cl)sc2Cl)CC1. The van der Waals surface area contributed by atoms with Crippen molar-refractivity contribution in [2.45, 2.75) is 32.1 Å². The minimum Gasteiger partial charge on any atom is -0.369 e. The number of carbonyl (C=O) groups is 2. The van der Waals surface area contributed by atoms with Crippen LogP contribution in [-0.4, -0.2) is 29.8 Å². The highest BCUT2D eigenvalue weighted by Crippen LogP contribution is 2.32. The van der Waals surface area contributed by atoms with Crippen molar-refractivity contribution in [3.8, 4) is 0 Å². The molecule has 0 unspecified atom stereocenters. The maximum atomic E-state index is 12.1. The van der Waals surface area contributed by atoms with Crippen LogP contribution in [0.5, 0.6) is 0 Å². The molecule has 0 aliphatic carbocycles. The van der Waals surface area contributed by atoms with Crippen molar-refractivity contribution in [3.05, 3.63) is 20.3 Å². The maximum Gasteiger partial charge on any atom is 0.222 e. The number of thiophene rings is 1. The van der Waals surface area contributed by atoms with E-state index in [1.165, 1.54) is 11.3 Å². The number of piperidine rings is 1. The molecule has 0 saturated carbocycles. The van der Waals surface area contributed by atoms with Crippen LogP contribution >= 0.6 is 34.5 Å². The number of rotatable bonds is 5. The highest BCUT2D eigenvalue weighted by Gasteiger charge is 2.25. The quantitative estimate of drug-likeness (QED) is 0.888. The van der Waals surface area contributed by atoms with Gasteiger partial charge in [-0.05, 0) is 37.3 Å². The zero-order valence-electron chi connectivity index (χ0n) is 11.6. The second-order valence-corrected chi connectivity index (χ2v) is 7.55. The largest absolute Gasteiger partial charge is 0.369 e. The Bertz CT molecular complexity index is 525. The van der Waals surface area contributed by atoms with Gasteiger partial charge in [0.05, 0.1) is 8.67 Å². The molecule has 1 saturated heterocycles. The minimum atomic E-state index is -0.258. The first-order valence-electron chi connectivity index (χ1n) is 6.98. The van der Waals surface area contributed by atoms with Gasteiger partial charge in [0.15, 0.2) is 0 Å². The Morgan fingerprint density at radius 3 is 2.52 bits per heavy atom. The average molecular weight is 349 g/mol. The van der Waals surface area contributed by atoms with Gasteiger partial charge in [-0.15, -0.1) is 11.3 Å². The van der Waals surface area contributed by atoms with Crippen LogP contribution in [0.2, 0.25) is 8.67 Å². The maximum absolute atomic E-state index is 12.1. The first kappa shape index (κ1) is 16.6. The van der Waals surface area contributed by atoms with Gasteiger partial charge in [-0.1, -0.05) is 23.2 Å². The van der Waals surface area contributed by atoms with Crippen LogP contribution in [0.1, 0.15) is 31.2 Å². The van der Waals surface area contributed by atoms with Crippen molar-refractivity contribution < 1.29 is 9.59 Å². The van der Waals surface area contributed by atoms with Crippen molar-refractivity contribution in [2.24, 2.45) is 11.7 Å². The summed E-state index contributed by atoms with van der Waals surface area (Å²) in [6, 6.07) is 1.86. The van der Waals surface area contributed by atoms with E-state index < -0.39 is 0 Å². The molecule has 116 valence electrons. The van der Waals surface area contributed by atoms with E-state index in [9.17, 15) is 9.59 Å². The molecule has 2 rings (SSSR count). The summed E-state index contributed by atoms with van der Waals surface area (Å²) in [5.74, 6) is -0.206. The zero-order chi connectivity index (χ0) is 15.4. The van der Waals surface area contributed by atoms with Crippen molar-refractivity contribution in [2.75, 3.05) is 13.1 Å². The molecule has 0 spiro atoms. The van der Waals surface area contributed by atoms with E-state index >= 15 is 0 Å². The fraction of sp³-hybridized carbons (Fsp3) is 0.571. The third-order valence-corrected chi connectivity index (χ3v) is 5.38. The summed E-state index contributed by atoms with van der Waals surface area (Å²) in [5, 5.41) is 0. The van der Waals surface area contributed by atoms with Crippen molar-refractivity contribution in [3.63, 3.8) is 0 Å². The van der Waals surface area contributed by atoms with E-state index in [0.717, 1.165) is 18.4 Å². The smallest absolute Gasteiger partial charge is 0.222 e. The fourth-order valence-electron chi connectivity index (χ4n) is 2.55. The molecular weight excluding hydrogens is 331 g/mol. The number of primary amides is 1. The van der Waals surface area contributed by atoms with Gasteiger partial charge >= 0.3 is 0 Å². The van der Waals surface area contributed by atoms with Crippen molar-refractivity contribution in [1.29, 1.82) is 0 Å². The summed E-state index contributed by atoms with van der Waals surface area (Å²) in [4.78, 5) is 25.0. The molecule has 2 heterocycles. The van der Waals surface area contributed by atoms with E-state index in [-0.39, 0.29) is 17.7 Å². The predicted molar refractivity (Wildman–Crippen MR) is 85.8 cm³/mol. The molecule has 1 fully saturated rings. The highest BCUT2D eigenvalue weighted by molar-refractivity contribution is 7.20. The Labute approximate surface area is 138 Å². The molecule has 0 radical (unpaired) electrons. The molecule has 0 atom stereocenters. The number of hydrogen-bond acceptors (Lipinski definition) is 3. The summed E-state index contributed by atoms with van der Waals surface area (Å²) in [5.41, 5.74) is 6.29. The summed E-state index contributed by atoms with van der Waals surface area (Å²) >= 11 is 13.3. The van der Waals surface area contributed by atoms with Crippen molar-refractivity contribution in [1.82, 2.24) is 4.90 Å². The van der Waals surface area contributed by atoms with Gasteiger partial charge in [0, 0.05) is 25.4 Å². The zero-order valence-corrected chi connectivity index (χ0v) is 13.9. The first-order chi connectivity index (χ1) is 9.97. The van der Waals surface area contributed by atoms with Crippen LogP contribution in [0.3, 0.4) is 0 Å². The number of nitrogens with two attached hydrogens (primary N) is 1. The number of halogens is 2. The van der Waals surface area contributed by atoms with Crippen LogP contribution in [0.25, 0.3) is 0 Å². The number of nitrogens with zero attached hydrogens (tertiary/aromatic N) is 1. The topological polar surface area (TPSA) is 63.4 Å². The number of hydrogen-bond donors (Lipinski definition) is 1. The Hall–Kier alpha value is -0.780. The average Bonchev–Trinajstić information content (AvgIpc) is 2.77. The molecule has 7 heteroatoms. The van der Waals surface area contributed by atoms with Crippen molar-refractivity contribution >= 4 is 46.4 Å². The molecule has 1 aromatic heterocycles. The lowest BCUT2D eigenvalue weighted by Gasteiger charge is -2.30. The summed E-state index contributed by atoms with van der Waals surface area (Å²) in [6.07, 6.45) is 3.35. The van der Waals surface area contributed by atoms with Gasteiger partial charge in [-0.3, -0.25) is 9.59 Å². The van der Waals surface area contributed by atoms with Gasteiger partial charge < -0.3 is 10.6 Å². The number of likely N-dealkylation sites (tertiary alicyclic amines) is 1. The first-order valence-corrected chi connectivity index (χ1v) is 8.55. The Morgan fingerprint density at radius 1 is 1.33 bits per heavy atom. The van der Waals surface area contributed by atoms with Gasteiger partial charge in [0.1, 0.15) is 0 Å². The lowest BCUT2D eigenvalue weighted by molar-refractivity contribution is -0.134. The van der Waals surface area contributed by atoms with Gasteiger partial charge in [-0.25, -0.2) is 0 Å². The lowest BCUT2D eigenvalue weighted by atomic mass is 9.96. The van der Waals surface area contributed by atoms with E-state index in [4.69, 9.17) is 28.9 Å². The number of aryl methyl sites for hydroxylation is 1. The van der Waals surface area contributed by atoms with Crippen LogP contribution < -0.4 is 5.73 Å². The van der Waals surface area contributed by atoms with Gasteiger partial charge in [0.2, 0.25) is 11.8 Å². The molecular formula is C14H18Cl2N2O2S. The van der Waals surface area contributed by atoms with Crippen LogP contribution in [0.15, 0.2) is 6.07 Å².